The average molecular weight is 509 g/mol. The van der Waals surface area contributed by atoms with E-state index < -0.39 is 11.8 Å². The zero-order chi connectivity index (χ0) is 26.0. The average Bonchev–Trinajstić information content (AvgIpc) is 2.89. The molecule has 1 aliphatic carbocycles. The van der Waals surface area contributed by atoms with Gasteiger partial charge >= 0.3 is 0 Å². The molecule has 1 aliphatic heterocycles. The van der Waals surface area contributed by atoms with Crippen LogP contribution in [-0.4, -0.2) is 38.0 Å². The van der Waals surface area contributed by atoms with Crippen LogP contribution in [0.1, 0.15) is 41.1 Å². The maximum Gasteiger partial charge on any atom is 0.270 e. The number of nitrogens with zero attached hydrogens (tertiary/aromatic N) is 2. The van der Waals surface area contributed by atoms with E-state index in [4.69, 9.17) is 31.5 Å². The summed E-state index contributed by atoms with van der Waals surface area (Å²) in [4.78, 5) is 26.3. The number of carbonyl (C=O) groups is 2. The fraction of sp³-hybridized carbons (Fsp3) is 0.269. The molecule has 2 aromatic rings. The predicted octanol–water partition coefficient (Wildman–Crippen LogP) is 3.81. The number of carbonyl (C=O) groups excluding carboxylic acids is 2. The number of ketones is 1. The van der Waals surface area contributed by atoms with Gasteiger partial charge in [0.1, 0.15) is 11.6 Å². The number of Topliss-reactive ketones (excluding diaryl/α,β-unsaturated/α-hetero) is 1. The first-order valence-corrected chi connectivity index (χ1v) is 11.5. The van der Waals surface area contributed by atoms with Crippen LogP contribution in [0.2, 0.25) is 5.02 Å². The molecule has 1 unspecified atom stereocenters. The maximum atomic E-state index is 13.3. The van der Waals surface area contributed by atoms with Crippen LogP contribution in [0.15, 0.2) is 59.1 Å². The second-order valence-corrected chi connectivity index (χ2v) is 8.65. The van der Waals surface area contributed by atoms with Crippen molar-refractivity contribution in [2.75, 3.05) is 21.3 Å². The number of nitrogens with one attached hydrogen (secondary N) is 1. The van der Waals surface area contributed by atoms with Gasteiger partial charge in [-0.1, -0.05) is 11.6 Å². The minimum Gasteiger partial charge on any atom is -0.496 e. The number of methoxy groups -OCH3 is 3. The fourth-order valence-corrected chi connectivity index (χ4v) is 4.70. The van der Waals surface area contributed by atoms with E-state index in [2.05, 4.69) is 11.5 Å². The van der Waals surface area contributed by atoms with E-state index >= 15 is 0 Å². The van der Waals surface area contributed by atoms with Crippen LogP contribution in [0.5, 0.6) is 17.2 Å². The summed E-state index contributed by atoms with van der Waals surface area (Å²) in [6, 6.07) is 11.8. The van der Waals surface area contributed by atoms with Gasteiger partial charge in [0.25, 0.3) is 5.91 Å². The smallest absolute Gasteiger partial charge is 0.270 e. The molecule has 0 saturated carbocycles. The number of rotatable bonds is 6. The molecule has 0 radical (unpaired) electrons. The minimum atomic E-state index is -0.809. The Balaban J connectivity index is 1.87. The Hall–Kier alpha value is -4.16. The van der Waals surface area contributed by atoms with Gasteiger partial charge in [0.2, 0.25) is 0 Å². The normalized spacial score (nSPS) is 17.4. The molecule has 1 amide bonds. The van der Waals surface area contributed by atoms with Crippen LogP contribution in [0.25, 0.3) is 0 Å². The highest BCUT2D eigenvalue weighted by atomic mass is 35.5. The molecule has 2 aromatic carbocycles. The quantitative estimate of drug-likeness (QED) is 0.603. The second-order valence-electron chi connectivity index (χ2n) is 8.21. The lowest BCUT2D eigenvalue weighted by Gasteiger charge is -2.39. The Morgan fingerprint density at radius 1 is 1.08 bits per heavy atom. The predicted molar refractivity (Wildman–Crippen MR) is 132 cm³/mol. The maximum absolute atomic E-state index is 13.3. The molecule has 3 N–H and O–H groups in total. The van der Waals surface area contributed by atoms with Gasteiger partial charge in [-0.3, -0.25) is 15.0 Å². The lowest BCUT2D eigenvalue weighted by molar-refractivity contribution is -0.116. The van der Waals surface area contributed by atoms with Crippen molar-refractivity contribution in [1.82, 2.24) is 10.4 Å². The molecule has 36 heavy (non-hydrogen) atoms. The Bertz CT molecular complexity index is 1330. The standard InChI is InChI=1S/C26H25ClN4O5/c1-34-20-12-22(36-3)21(35-2)11-16(20)23-17(13-28)25(29)31(18-5-4-6-19(32)24(18)23)30-26(33)14-7-9-15(27)10-8-14/h7-12,23H,4-6,29H2,1-3H3,(H,30,33). The lowest BCUT2D eigenvalue weighted by Crippen LogP contribution is -2.48. The number of hydrogen-bond donors (Lipinski definition) is 2. The summed E-state index contributed by atoms with van der Waals surface area (Å²) >= 11 is 5.94. The van der Waals surface area contributed by atoms with E-state index in [0.29, 0.717) is 63.9 Å². The summed E-state index contributed by atoms with van der Waals surface area (Å²) in [5.74, 6) is -0.130. The van der Waals surface area contributed by atoms with Crippen molar-refractivity contribution >= 4 is 23.3 Å². The summed E-state index contributed by atoms with van der Waals surface area (Å²) in [6.45, 7) is 0. The number of amides is 1. The first-order chi connectivity index (χ1) is 17.3. The number of hydrogen-bond acceptors (Lipinski definition) is 8. The number of nitriles is 1. The Kier molecular flexibility index (Phi) is 7.08. The third-order valence-corrected chi connectivity index (χ3v) is 6.53. The van der Waals surface area contributed by atoms with Crippen molar-refractivity contribution in [3.63, 3.8) is 0 Å². The van der Waals surface area contributed by atoms with Crippen LogP contribution in [0.3, 0.4) is 0 Å². The van der Waals surface area contributed by atoms with Gasteiger partial charge in [0, 0.05) is 39.9 Å². The SMILES string of the molecule is COc1cc(OC)c(C2C(C#N)=C(N)N(NC(=O)c3ccc(Cl)cc3)C3=C2C(=O)CCC3)cc1OC. The zero-order valence-electron chi connectivity index (χ0n) is 20.1. The highest BCUT2D eigenvalue weighted by molar-refractivity contribution is 6.30. The van der Waals surface area contributed by atoms with Crippen molar-refractivity contribution in [2.45, 2.75) is 25.2 Å². The molecule has 1 heterocycles. The van der Waals surface area contributed by atoms with Gasteiger partial charge in [-0.2, -0.15) is 5.26 Å². The van der Waals surface area contributed by atoms with E-state index in [1.54, 1.807) is 36.4 Å². The number of benzene rings is 2. The van der Waals surface area contributed by atoms with Gasteiger partial charge in [-0.05, 0) is 43.2 Å². The lowest BCUT2D eigenvalue weighted by atomic mass is 9.75. The fourth-order valence-electron chi connectivity index (χ4n) is 4.57. The van der Waals surface area contributed by atoms with Crippen LogP contribution in [0.4, 0.5) is 0 Å². The molecular formula is C26H25ClN4O5. The summed E-state index contributed by atoms with van der Waals surface area (Å²) in [5, 5.41) is 12.0. The Morgan fingerprint density at radius 2 is 1.72 bits per heavy atom. The van der Waals surface area contributed by atoms with Gasteiger partial charge in [-0.15, -0.1) is 0 Å². The molecule has 0 saturated heterocycles. The minimum absolute atomic E-state index is 0.0232. The van der Waals surface area contributed by atoms with E-state index in [-0.39, 0.29) is 17.2 Å². The molecular weight excluding hydrogens is 484 g/mol. The number of ether oxygens (including phenoxy) is 3. The third-order valence-electron chi connectivity index (χ3n) is 6.28. The highest BCUT2D eigenvalue weighted by Gasteiger charge is 2.42. The monoisotopic (exact) mass is 508 g/mol. The molecule has 2 aliphatic rings. The molecule has 10 heteroatoms. The molecule has 0 fully saturated rings. The first-order valence-electron chi connectivity index (χ1n) is 11.2. The van der Waals surface area contributed by atoms with Crippen molar-refractivity contribution < 1.29 is 23.8 Å². The zero-order valence-corrected chi connectivity index (χ0v) is 20.8. The number of allylic oxidation sites excluding steroid dienone is 3. The molecule has 1 atom stereocenters. The van der Waals surface area contributed by atoms with E-state index in [1.807, 2.05) is 0 Å². The molecule has 4 rings (SSSR count). The van der Waals surface area contributed by atoms with E-state index in [0.717, 1.165) is 0 Å². The number of nitrogens with two attached hydrogens (primary N) is 1. The Labute approximate surface area is 213 Å². The molecule has 0 bridgehead atoms. The molecule has 186 valence electrons. The first kappa shape index (κ1) is 24.9. The highest BCUT2D eigenvalue weighted by Crippen LogP contribution is 2.49. The van der Waals surface area contributed by atoms with Gasteiger partial charge < -0.3 is 19.9 Å². The molecule has 0 spiro atoms. The Morgan fingerprint density at radius 3 is 2.33 bits per heavy atom. The summed E-state index contributed by atoms with van der Waals surface area (Å²) in [5.41, 5.74) is 11.1. The van der Waals surface area contributed by atoms with Crippen molar-refractivity contribution in [3.05, 3.63) is 75.2 Å². The summed E-state index contributed by atoms with van der Waals surface area (Å²) in [7, 11) is 4.49. The number of halogens is 1. The third kappa shape index (κ3) is 4.32. The van der Waals surface area contributed by atoms with Crippen molar-refractivity contribution in [3.8, 4) is 23.3 Å². The van der Waals surface area contributed by atoms with Crippen LogP contribution in [0, 0.1) is 11.3 Å². The van der Waals surface area contributed by atoms with Gasteiger partial charge in [-0.25, -0.2) is 5.01 Å². The second kappa shape index (κ2) is 10.2. The molecule has 0 aromatic heterocycles. The van der Waals surface area contributed by atoms with Gasteiger partial charge in [0.15, 0.2) is 17.3 Å². The van der Waals surface area contributed by atoms with Crippen molar-refractivity contribution in [2.24, 2.45) is 5.73 Å². The van der Waals surface area contributed by atoms with Gasteiger partial charge in [0.05, 0.1) is 38.9 Å². The van der Waals surface area contributed by atoms with E-state index in [9.17, 15) is 14.9 Å². The summed E-state index contributed by atoms with van der Waals surface area (Å²) in [6.07, 6.45) is 1.37. The summed E-state index contributed by atoms with van der Waals surface area (Å²) < 4.78 is 16.5. The number of hydrazine groups is 1. The molecule has 9 nitrogen and oxygen atoms in total. The van der Waals surface area contributed by atoms with E-state index in [1.165, 1.54) is 26.3 Å². The van der Waals surface area contributed by atoms with Crippen LogP contribution < -0.4 is 25.4 Å². The van der Waals surface area contributed by atoms with Crippen LogP contribution >= 0.6 is 11.6 Å². The van der Waals surface area contributed by atoms with Crippen molar-refractivity contribution in [1.29, 1.82) is 5.26 Å². The largest absolute Gasteiger partial charge is 0.496 e. The van der Waals surface area contributed by atoms with Crippen LogP contribution in [-0.2, 0) is 4.79 Å². The topological polar surface area (TPSA) is 127 Å².